The molecule has 1 aromatic carbocycles. The Labute approximate surface area is 110 Å². The Kier molecular flexibility index (Phi) is 4.97. The molecular weight excluding hydrogens is 261 g/mol. The third-order valence-electron chi connectivity index (χ3n) is 2.30. The molecule has 1 rings (SSSR count). The Morgan fingerprint density at radius 1 is 1.18 bits per heavy atom. The lowest BCUT2D eigenvalue weighted by atomic mass is 10.1. The van der Waals surface area contributed by atoms with Crippen LogP contribution in [-0.4, -0.2) is 17.2 Å². The third kappa shape index (κ3) is 4.02. The summed E-state index contributed by atoms with van der Waals surface area (Å²) in [6.45, 7) is 3.63. The molecule has 0 saturated carbocycles. The van der Waals surface area contributed by atoms with Crippen LogP contribution in [0.2, 0.25) is 5.02 Å². The SMILES string of the molecule is CC(C)C(NC(=O)c1ccc(Cl)cc1)C(=O)Cl. The van der Waals surface area contributed by atoms with E-state index >= 15 is 0 Å². The van der Waals surface area contributed by atoms with Gasteiger partial charge in [-0.2, -0.15) is 0 Å². The van der Waals surface area contributed by atoms with Gasteiger partial charge in [0.25, 0.3) is 5.91 Å². The van der Waals surface area contributed by atoms with Gasteiger partial charge in [0, 0.05) is 10.6 Å². The quantitative estimate of drug-likeness (QED) is 0.858. The van der Waals surface area contributed by atoms with Crippen LogP contribution in [0.3, 0.4) is 0 Å². The van der Waals surface area contributed by atoms with E-state index in [2.05, 4.69) is 5.32 Å². The van der Waals surface area contributed by atoms with Crippen molar-refractivity contribution in [2.45, 2.75) is 19.9 Å². The van der Waals surface area contributed by atoms with Crippen molar-refractivity contribution in [2.24, 2.45) is 5.92 Å². The maximum atomic E-state index is 11.8. The Bertz CT molecular complexity index is 415. The van der Waals surface area contributed by atoms with Crippen LogP contribution in [0.1, 0.15) is 24.2 Å². The number of benzene rings is 1. The minimum absolute atomic E-state index is 0.0590. The molecule has 0 bridgehead atoms. The second-order valence-corrected chi connectivity index (χ2v) is 4.82. The van der Waals surface area contributed by atoms with E-state index in [0.717, 1.165) is 0 Å². The third-order valence-corrected chi connectivity index (χ3v) is 2.79. The van der Waals surface area contributed by atoms with E-state index < -0.39 is 11.3 Å². The zero-order valence-electron chi connectivity index (χ0n) is 9.54. The molecule has 0 fully saturated rings. The average Bonchev–Trinajstić information content (AvgIpc) is 2.25. The Morgan fingerprint density at radius 2 is 1.71 bits per heavy atom. The molecule has 92 valence electrons. The van der Waals surface area contributed by atoms with Gasteiger partial charge < -0.3 is 5.32 Å². The van der Waals surface area contributed by atoms with Gasteiger partial charge in [0.15, 0.2) is 0 Å². The first-order valence-electron chi connectivity index (χ1n) is 5.17. The van der Waals surface area contributed by atoms with Crippen molar-refractivity contribution in [3.63, 3.8) is 0 Å². The van der Waals surface area contributed by atoms with Crippen LogP contribution in [-0.2, 0) is 4.79 Å². The molecule has 0 aromatic heterocycles. The molecule has 1 N–H and O–H groups in total. The van der Waals surface area contributed by atoms with Gasteiger partial charge in [0.2, 0.25) is 5.24 Å². The molecule has 5 heteroatoms. The molecule has 0 radical (unpaired) electrons. The lowest BCUT2D eigenvalue weighted by Gasteiger charge is -2.18. The van der Waals surface area contributed by atoms with Gasteiger partial charge in [-0.25, -0.2) is 0 Å². The molecule has 1 aromatic rings. The number of carbonyl (C=O) groups is 2. The number of amides is 1. The summed E-state index contributed by atoms with van der Waals surface area (Å²) in [5.74, 6) is -0.398. The summed E-state index contributed by atoms with van der Waals surface area (Å²) in [7, 11) is 0. The highest BCUT2D eigenvalue weighted by Gasteiger charge is 2.22. The van der Waals surface area contributed by atoms with E-state index in [-0.39, 0.29) is 11.8 Å². The summed E-state index contributed by atoms with van der Waals surface area (Å²) in [5, 5.41) is 2.57. The number of hydrogen-bond acceptors (Lipinski definition) is 2. The molecule has 0 aliphatic carbocycles. The molecule has 17 heavy (non-hydrogen) atoms. The zero-order chi connectivity index (χ0) is 13.0. The van der Waals surface area contributed by atoms with Gasteiger partial charge in [-0.1, -0.05) is 25.4 Å². The maximum Gasteiger partial charge on any atom is 0.251 e. The summed E-state index contributed by atoms with van der Waals surface area (Å²) >= 11 is 11.1. The van der Waals surface area contributed by atoms with Crippen LogP contribution in [0, 0.1) is 5.92 Å². The summed E-state index contributed by atoms with van der Waals surface area (Å²) in [6, 6.07) is 5.73. The average molecular weight is 274 g/mol. The molecule has 0 aliphatic heterocycles. The molecule has 3 nitrogen and oxygen atoms in total. The van der Waals surface area contributed by atoms with E-state index in [4.69, 9.17) is 23.2 Å². The van der Waals surface area contributed by atoms with E-state index in [1.54, 1.807) is 24.3 Å². The Balaban J connectivity index is 2.77. The van der Waals surface area contributed by atoms with Crippen LogP contribution in [0.25, 0.3) is 0 Å². The highest BCUT2D eigenvalue weighted by molar-refractivity contribution is 6.64. The topological polar surface area (TPSA) is 46.2 Å². The van der Waals surface area contributed by atoms with Crippen molar-refractivity contribution in [1.29, 1.82) is 0 Å². The largest absolute Gasteiger partial charge is 0.341 e. The lowest BCUT2D eigenvalue weighted by molar-refractivity contribution is -0.114. The first-order chi connectivity index (χ1) is 7.91. The fraction of sp³-hybridized carbons (Fsp3) is 0.333. The minimum atomic E-state index is -0.681. The van der Waals surface area contributed by atoms with Crippen molar-refractivity contribution in [2.75, 3.05) is 0 Å². The van der Waals surface area contributed by atoms with Gasteiger partial charge in [0.05, 0.1) is 0 Å². The zero-order valence-corrected chi connectivity index (χ0v) is 11.0. The van der Waals surface area contributed by atoms with Crippen molar-refractivity contribution in [1.82, 2.24) is 5.32 Å². The number of nitrogens with one attached hydrogen (secondary N) is 1. The minimum Gasteiger partial charge on any atom is -0.341 e. The first-order valence-corrected chi connectivity index (χ1v) is 5.93. The monoisotopic (exact) mass is 273 g/mol. The first kappa shape index (κ1) is 14.0. The summed E-state index contributed by atoms with van der Waals surface area (Å²) in [5.41, 5.74) is 0.443. The van der Waals surface area contributed by atoms with Gasteiger partial charge in [-0.3, -0.25) is 9.59 Å². The number of rotatable bonds is 4. The van der Waals surface area contributed by atoms with E-state index in [1.165, 1.54) is 0 Å². The molecule has 0 heterocycles. The van der Waals surface area contributed by atoms with Crippen LogP contribution >= 0.6 is 23.2 Å². The van der Waals surface area contributed by atoms with Crippen molar-refractivity contribution in [3.05, 3.63) is 34.9 Å². The predicted molar refractivity (Wildman–Crippen MR) is 68.4 cm³/mol. The molecule has 1 atom stereocenters. The molecule has 0 saturated heterocycles. The summed E-state index contributed by atoms with van der Waals surface area (Å²) in [6.07, 6.45) is 0. The van der Waals surface area contributed by atoms with Crippen LogP contribution < -0.4 is 5.32 Å². The van der Waals surface area contributed by atoms with Gasteiger partial charge >= 0.3 is 0 Å². The van der Waals surface area contributed by atoms with Crippen molar-refractivity contribution < 1.29 is 9.59 Å². The van der Waals surface area contributed by atoms with Crippen molar-refractivity contribution >= 4 is 34.4 Å². The Hall–Kier alpha value is -1.06. The standard InChI is InChI=1S/C12H13Cl2NO2/c1-7(2)10(11(14)16)15-12(17)8-3-5-9(13)6-4-8/h3-7,10H,1-2H3,(H,15,17). The van der Waals surface area contributed by atoms with Gasteiger partial charge in [0.1, 0.15) is 6.04 Å². The van der Waals surface area contributed by atoms with E-state index in [9.17, 15) is 9.59 Å². The second kappa shape index (κ2) is 6.03. The van der Waals surface area contributed by atoms with Crippen LogP contribution in [0.4, 0.5) is 0 Å². The number of hydrogen-bond donors (Lipinski definition) is 1. The highest BCUT2D eigenvalue weighted by Crippen LogP contribution is 2.11. The second-order valence-electron chi connectivity index (χ2n) is 4.01. The molecule has 0 spiro atoms. The maximum absolute atomic E-state index is 11.8. The smallest absolute Gasteiger partial charge is 0.251 e. The fourth-order valence-electron chi connectivity index (χ4n) is 1.31. The van der Waals surface area contributed by atoms with Gasteiger partial charge in [-0.15, -0.1) is 0 Å². The van der Waals surface area contributed by atoms with Gasteiger partial charge in [-0.05, 0) is 41.8 Å². The highest BCUT2D eigenvalue weighted by atomic mass is 35.5. The summed E-state index contributed by atoms with van der Waals surface area (Å²) in [4.78, 5) is 22.9. The van der Waals surface area contributed by atoms with Crippen LogP contribution in [0.15, 0.2) is 24.3 Å². The van der Waals surface area contributed by atoms with E-state index in [1.807, 2.05) is 13.8 Å². The molecular formula is C12H13Cl2NO2. The van der Waals surface area contributed by atoms with Crippen molar-refractivity contribution in [3.8, 4) is 0 Å². The molecule has 1 unspecified atom stereocenters. The van der Waals surface area contributed by atoms with E-state index in [0.29, 0.717) is 10.6 Å². The number of carbonyl (C=O) groups excluding carboxylic acids is 2. The normalized spacial score (nSPS) is 12.3. The molecule has 1 amide bonds. The number of halogens is 2. The fourth-order valence-corrected chi connectivity index (χ4v) is 1.74. The summed E-state index contributed by atoms with van der Waals surface area (Å²) < 4.78 is 0. The van der Waals surface area contributed by atoms with Crippen LogP contribution in [0.5, 0.6) is 0 Å². The molecule has 0 aliphatic rings. The predicted octanol–water partition coefficient (Wildman–Crippen LogP) is 2.86. The lowest BCUT2D eigenvalue weighted by Crippen LogP contribution is -2.42. The Morgan fingerprint density at radius 3 is 2.12 bits per heavy atom.